The van der Waals surface area contributed by atoms with Gasteiger partial charge < -0.3 is 8.83 Å². The lowest BCUT2D eigenvalue weighted by Gasteiger charge is -2.19. The first-order chi connectivity index (χ1) is 73.5. The van der Waals surface area contributed by atoms with Gasteiger partial charge in [-0.05, 0) is 299 Å². The summed E-state index contributed by atoms with van der Waals surface area (Å²) in [6.07, 6.45) is 0. The first kappa shape index (κ1) is 86.5. The molecular formula is C146H92O2. The van der Waals surface area contributed by atoms with Gasteiger partial charge in [-0.25, -0.2) is 0 Å². The van der Waals surface area contributed by atoms with Crippen LogP contribution in [0.4, 0.5) is 0 Å². The highest BCUT2D eigenvalue weighted by atomic mass is 16.3. The zero-order valence-corrected chi connectivity index (χ0v) is 80.9. The average Bonchev–Trinajstić information content (AvgIpc) is 1.08. The molecule has 0 amide bonds. The summed E-state index contributed by atoms with van der Waals surface area (Å²) in [5, 5.41) is 40.2. The molecule has 148 heavy (non-hydrogen) atoms. The Morgan fingerprint density at radius 3 is 0.709 bits per heavy atom. The standard InChI is InChI=1S/C40H24O.C40H26.C34H22.C32H20O/c1-3-13-28-25(10-1)12-9-19-30(28)39-33-17-7-5-15-31(33)38(32-16-6-8-18-34(32)39)27-21-22-36-35(24-27)40-29-14-4-2-11-26(29)20-23-37(40)41-36;1-2-12-31-26-32(25-22-27(31)10-1)28-20-23-30(24-21-28)39-35-15-5-7-17-37(35)40(38-18-8-6-16-36(38)39)34-19-9-13-29-11-3-4-14-33(29)34;1-2-12-25-22-26(21-20-23(25)10-1)33-29-15-5-7-17-31(29)34(32-18-8-6-16-30(32)33)28-19-9-13-24-11-3-4-14-27(24)28;1-2-10-21(11-3-1)31-24-13-4-6-15-26(24)32(27-16-7-5-14-25(27)31)22-18-19-30-28(20-22)23-12-8-9-17-29(23)33-30/h1-24H;1-26H;1-22H;1-20H. The molecular weight excluding hydrogens is 1790 g/mol. The molecule has 0 unspecified atom stereocenters. The third kappa shape index (κ3) is 14.9. The van der Waals surface area contributed by atoms with Crippen LogP contribution in [0.15, 0.2) is 567 Å². The van der Waals surface area contributed by atoms with E-state index >= 15 is 0 Å². The molecule has 0 saturated carbocycles. The van der Waals surface area contributed by atoms with Crippen molar-refractivity contribution in [2.24, 2.45) is 0 Å². The predicted octanol–water partition coefficient (Wildman–Crippen LogP) is 41.7. The molecule has 29 aromatic carbocycles. The number of hydrogen-bond donors (Lipinski definition) is 0. The number of furan rings is 2. The minimum atomic E-state index is 0.918. The minimum Gasteiger partial charge on any atom is -0.456 e. The molecule has 2 heteroatoms. The lowest BCUT2D eigenvalue weighted by Crippen LogP contribution is -1.91. The number of para-hydroxylation sites is 1. The van der Waals surface area contributed by atoms with E-state index in [4.69, 9.17) is 8.83 Å². The summed E-state index contributed by atoms with van der Waals surface area (Å²) in [5.74, 6) is 0. The van der Waals surface area contributed by atoms with Gasteiger partial charge in [-0.15, -0.1) is 0 Å². The molecule has 0 saturated heterocycles. The van der Waals surface area contributed by atoms with Crippen LogP contribution >= 0.6 is 0 Å². The van der Waals surface area contributed by atoms with Gasteiger partial charge >= 0.3 is 0 Å². The first-order valence-electron chi connectivity index (χ1n) is 51.1. The highest BCUT2D eigenvalue weighted by Gasteiger charge is 2.26. The molecule has 0 spiro atoms. The molecule has 0 atom stereocenters. The molecule has 0 bridgehead atoms. The van der Waals surface area contributed by atoms with E-state index in [1.807, 2.05) is 12.1 Å². The Hall–Kier alpha value is -19.4. The van der Waals surface area contributed by atoms with Gasteiger partial charge in [0.2, 0.25) is 0 Å². The minimum absolute atomic E-state index is 0.918. The number of benzene rings is 29. The van der Waals surface area contributed by atoms with Crippen LogP contribution < -0.4 is 0 Å². The zero-order chi connectivity index (χ0) is 97.6. The van der Waals surface area contributed by atoms with Gasteiger partial charge in [0.25, 0.3) is 0 Å². The summed E-state index contributed by atoms with van der Waals surface area (Å²) >= 11 is 0. The molecule has 2 nitrogen and oxygen atoms in total. The van der Waals surface area contributed by atoms with Crippen molar-refractivity contribution < 1.29 is 8.83 Å². The molecule has 2 aromatic heterocycles. The van der Waals surface area contributed by atoms with Crippen molar-refractivity contribution in [3.05, 3.63) is 558 Å². The maximum Gasteiger partial charge on any atom is 0.136 e. The quantitative estimate of drug-likeness (QED) is 0.135. The van der Waals surface area contributed by atoms with Crippen molar-refractivity contribution in [1.82, 2.24) is 0 Å². The van der Waals surface area contributed by atoms with Crippen LogP contribution in [0.3, 0.4) is 0 Å². The summed E-state index contributed by atoms with van der Waals surface area (Å²) in [5.41, 5.74) is 26.5. The van der Waals surface area contributed by atoms with E-state index in [1.165, 1.54) is 256 Å². The fraction of sp³-hybridized carbons (Fsp3) is 0. The molecule has 688 valence electrons. The van der Waals surface area contributed by atoms with Crippen molar-refractivity contribution >= 4 is 195 Å². The Kier molecular flexibility index (Phi) is 21.4. The maximum absolute atomic E-state index is 6.34. The van der Waals surface area contributed by atoms with Crippen LogP contribution in [0, 0.1) is 0 Å². The number of hydrogen-bond acceptors (Lipinski definition) is 2. The van der Waals surface area contributed by atoms with E-state index in [1.54, 1.807) is 0 Å². The molecule has 0 aliphatic rings. The summed E-state index contributed by atoms with van der Waals surface area (Å²) in [6.45, 7) is 0. The SMILES string of the molecule is c1ccc(-c2c3ccccc3c(-c3ccc4oc5ccccc5c4c3)c3ccccc23)cc1.c1ccc2c(-c3c4ccccc4c(-c4ccc5oc6ccc7ccccc7c6c5c4)c4ccccc34)cccc2c1.c1ccc2cc(-c3c4ccccc4c(-c4cccc5ccccc45)c4ccccc34)ccc2c1.c1ccc2cc(-c3ccc(-c4c5ccccc5c(-c5cccc6ccccc56)c5ccccc45)cc3)ccc2c1. The average molecular weight is 1880 g/mol. The molecule has 2 heterocycles. The van der Waals surface area contributed by atoms with E-state index in [9.17, 15) is 0 Å². The van der Waals surface area contributed by atoms with Crippen molar-refractivity contribution in [3.8, 4) is 100 Å². The first-order valence-corrected chi connectivity index (χ1v) is 51.1. The zero-order valence-electron chi connectivity index (χ0n) is 80.9. The number of fused-ring (bicyclic) bond motifs is 21. The van der Waals surface area contributed by atoms with Crippen molar-refractivity contribution in [2.75, 3.05) is 0 Å². The van der Waals surface area contributed by atoms with Crippen molar-refractivity contribution in [3.63, 3.8) is 0 Å². The fourth-order valence-corrected chi connectivity index (χ4v) is 24.0. The molecule has 0 fully saturated rings. The van der Waals surface area contributed by atoms with Crippen LogP contribution in [-0.4, -0.2) is 0 Å². The lowest BCUT2D eigenvalue weighted by atomic mass is 9.84. The van der Waals surface area contributed by atoms with Gasteiger partial charge in [-0.1, -0.05) is 510 Å². The Morgan fingerprint density at radius 1 is 0.0946 bits per heavy atom. The number of rotatable bonds is 9. The molecule has 0 radical (unpaired) electrons. The van der Waals surface area contributed by atoms with Crippen LogP contribution in [0.5, 0.6) is 0 Å². The monoisotopic (exact) mass is 1880 g/mol. The van der Waals surface area contributed by atoms with E-state index in [-0.39, 0.29) is 0 Å². The van der Waals surface area contributed by atoms with Gasteiger partial charge in [0.05, 0.1) is 0 Å². The maximum atomic E-state index is 6.34. The summed E-state index contributed by atoms with van der Waals surface area (Å²) in [4.78, 5) is 0. The van der Waals surface area contributed by atoms with Crippen molar-refractivity contribution in [2.45, 2.75) is 0 Å². The largest absolute Gasteiger partial charge is 0.456 e. The third-order valence-corrected chi connectivity index (χ3v) is 30.6. The molecule has 31 aromatic rings. The van der Waals surface area contributed by atoms with E-state index in [0.29, 0.717) is 0 Å². The highest BCUT2D eigenvalue weighted by Crippen LogP contribution is 2.53. The summed E-state index contributed by atoms with van der Waals surface area (Å²) in [6, 6.07) is 202. The van der Waals surface area contributed by atoms with Crippen LogP contribution in [-0.2, 0) is 0 Å². The van der Waals surface area contributed by atoms with Gasteiger partial charge in [0, 0.05) is 21.5 Å². The normalized spacial score (nSPS) is 11.6. The van der Waals surface area contributed by atoms with Gasteiger partial charge in [-0.2, -0.15) is 0 Å². The fourth-order valence-electron chi connectivity index (χ4n) is 24.0. The van der Waals surface area contributed by atoms with E-state index in [2.05, 4.69) is 546 Å². The van der Waals surface area contributed by atoms with Crippen LogP contribution in [0.2, 0.25) is 0 Å². The predicted molar refractivity (Wildman–Crippen MR) is 634 cm³/mol. The molecule has 0 N–H and O–H groups in total. The van der Waals surface area contributed by atoms with Crippen molar-refractivity contribution in [1.29, 1.82) is 0 Å². The molecule has 0 aliphatic heterocycles. The second-order valence-electron chi connectivity index (χ2n) is 38.8. The van der Waals surface area contributed by atoms with Crippen LogP contribution in [0.1, 0.15) is 0 Å². The Labute approximate surface area is 855 Å². The summed E-state index contributed by atoms with van der Waals surface area (Å²) in [7, 11) is 0. The van der Waals surface area contributed by atoms with Gasteiger partial charge in [-0.3, -0.25) is 0 Å². The second-order valence-corrected chi connectivity index (χ2v) is 38.8. The van der Waals surface area contributed by atoms with Gasteiger partial charge in [0.1, 0.15) is 22.3 Å². The Morgan fingerprint density at radius 2 is 0.318 bits per heavy atom. The summed E-state index contributed by atoms with van der Waals surface area (Å²) < 4.78 is 12.4. The molecule has 31 rings (SSSR count). The Balaban J connectivity index is 0.0000000955. The Bertz CT molecular complexity index is 10500. The van der Waals surface area contributed by atoms with Crippen LogP contribution in [0.25, 0.3) is 295 Å². The second kappa shape index (κ2) is 36.5. The third-order valence-electron chi connectivity index (χ3n) is 30.6. The van der Waals surface area contributed by atoms with Gasteiger partial charge in [0.15, 0.2) is 0 Å². The smallest absolute Gasteiger partial charge is 0.136 e. The van der Waals surface area contributed by atoms with E-state index < -0.39 is 0 Å². The molecule has 0 aliphatic carbocycles. The topological polar surface area (TPSA) is 26.3 Å². The lowest BCUT2D eigenvalue weighted by molar-refractivity contribution is 0.668. The van der Waals surface area contributed by atoms with E-state index in [0.717, 1.165) is 38.5 Å². The highest BCUT2D eigenvalue weighted by molar-refractivity contribution is 6.30.